The molecule has 1 saturated carbocycles. The van der Waals surface area contributed by atoms with Crippen molar-refractivity contribution < 1.29 is 9.90 Å². The van der Waals surface area contributed by atoms with E-state index in [9.17, 15) is 9.90 Å². The molecule has 0 spiro atoms. The molecule has 0 aromatic carbocycles. The summed E-state index contributed by atoms with van der Waals surface area (Å²) in [6, 6.07) is 0. The molecule has 0 atom stereocenters. The van der Waals surface area contributed by atoms with Crippen LogP contribution >= 0.6 is 11.8 Å². The van der Waals surface area contributed by atoms with Crippen LogP contribution in [0.3, 0.4) is 0 Å². The van der Waals surface area contributed by atoms with Crippen LogP contribution in [0.5, 0.6) is 0 Å². The molecule has 2 fully saturated rings. The van der Waals surface area contributed by atoms with Crippen molar-refractivity contribution in [3.63, 3.8) is 0 Å². The first-order chi connectivity index (χ1) is 9.57. The van der Waals surface area contributed by atoms with Crippen molar-refractivity contribution in [3.05, 3.63) is 0 Å². The van der Waals surface area contributed by atoms with Crippen molar-refractivity contribution in [2.45, 2.75) is 56.3 Å². The van der Waals surface area contributed by atoms with Gasteiger partial charge in [-0.2, -0.15) is 0 Å². The number of piperidine rings is 1. The lowest BCUT2D eigenvalue weighted by Crippen LogP contribution is -2.45. The predicted octanol–water partition coefficient (Wildman–Crippen LogP) is 1.53. The van der Waals surface area contributed by atoms with Crippen LogP contribution in [0.1, 0.15) is 45.4 Å². The molecular formula is C15H28N2O2S. The molecule has 0 aromatic heterocycles. The standard InChI is InChI=1S/C15H28N2O2S/c1-12-2-6-15(19,7-3-12)11-17-14(18)10-20-13-4-8-16-9-5-13/h12-13,16,19H,2-11H2,1H3,(H,17,18). The minimum atomic E-state index is -0.665. The third-order valence-corrected chi connectivity index (χ3v) is 5.93. The molecule has 1 aliphatic heterocycles. The fourth-order valence-corrected chi connectivity index (χ4v) is 4.00. The Morgan fingerprint density at radius 1 is 1.30 bits per heavy atom. The van der Waals surface area contributed by atoms with E-state index in [4.69, 9.17) is 0 Å². The summed E-state index contributed by atoms with van der Waals surface area (Å²) < 4.78 is 0. The largest absolute Gasteiger partial charge is 0.388 e. The van der Waals surface area contributed by atoms with Crippen molar-refractivity contribution in [2.75, 3.05) is 25.4 Å². The molecule has 0 unspecified atom stereocenters. The van der Waals surface area contributed by atoms with E-state index < -0.39 is 5.60 Å². The summed E-state index contributed by atoms with van der Waals surface area (Å²) in [5.41, 5.74) is -0.665. The maximum Gasteiger partial charge on any atom is 0.230 e. The number of carbonyl (C=O) groups is 1. The van der Waals surface area contributed by atoms with Gasteiger partial charge < -0.3 is 15.7 Å². The second-order valence-electron chi connectivity index (χ2n) is 6.44. The Balaban J connectivity index is 1.62. The molecule has 0 radical (unpaired) electrons. The zero-order valence-corrected chi connectivity index (χ0v) is 13.3. The van der Waals surface area contributed by atoms with Gasteiger partial charge >= 0.3 is 0 Å². The number of aliphatic hydroxyl groups is 1. The molecule has 5 heteroatoms. The van der Waals surface area contributed by atoms with Crippen LogP contribution in [0.2, 0.25) is 0 Å². The molecule has 3 N–H and O–H groups in total. The number of amides is 1. The highest BCUT2D eigenvalue weighted by Gasteiger charge is 2.32. The first-order valence-corrected chi connectivity index (χ1v) is 8.94. The SMILES string of the molecule is CC1CCC(O)(CNC(=O)CSC2CCNCC2)CC1. The van der Waals surface area contributed by atoms with Gasteiger partial charge in [-0.05, 0) is 57.5 Å². The Morgan fingerprint density at radius 3 is 2.60 bits per heavy atom. The number of nitrogens with one attached hydrogen (secondary N) is 2. The Bertz CT molecular complexity index is 311. The van der Waals surface area contributed by atoms with Crippen molar-refractivity contribution in [1.82, 2.24) is 10.6 Å². The van der Waals surface area contributed by atoms with Crippen LogP contribution in [0, 0.1) is 5.92 Å². The average molecular weight is 300 g/mol. The van der Waals surface area contributed by atoms with E-state index in [1.165, 1.54) is 0 Å². The summed E-state index contributed by atoms with van der Waals surface area (Å²) in [6.07, 6.45) is 6.07. The molecular weight excluding hydrogens is 272 g/mol. The van der Waals surface area contributed by atoms with Gasteiger partial charge in [-0.15, -0.1) is 11.8 Å². The molecule has 20 heavy (non-hydrogen) atoms. The van der Waals surface area contributed by atoms with Gasteiger partial charge in [0.25, 0.3) is 0 Å². The molecule has 2 aliphatic rings. The molecule has 0 bridgehead atoms. The number of thioether (sulfide) groups is 1. The summed E-state index contributed by atoms with van der Waals surface area (Å²) in [7, 11) is 0. The molecule has 2 rings (SSSR count). The van der Waals surface area contributed by atoms with Crippen molar-refractivity contribution in [2.24, 2.45) is 5.92 Å². The highest BCUT2D eigenvalue weighted by atomic mass is 32.2. The van der Waals surface area contributed by atoms with Crippen LogP contribution in [0.4, 0.5) is 0 Å². The van der Waals surface area contributed by atoms with E-state index in [1.54, 1.807) is 11.8 Å². The lowest BCUT2D eigenvalue weighted by atomic mass is 9.79. The number of hydrogen-bond acceptors (Lipinski definition) is 4. The molecule has 4 nitrogen and oxygen atoms in total. The topological polar surface area (TPSA) is 61.4 Å². The Morgan fingerprint density at radius 2 is 1.95 bits per heavy atom. The van der Waals surface area contributed by atoms with Gasteiger partial charge in [0.05, 0.1) is 11.4 Å². The van der Waals surface area contributed by atoms with Crippen LogP contribution in [-0.2, 0) is 4.79 Å². The Hall–Kier alpha value is -0.260. The number of carbonyl (C=O) groups excluding carboxylic acids is 1. The number of rotatable bonds is 5. The highest BCUT2D eigenvalue weighted by molar-refractivity contribution is 8.00. The van der Waals surface area contributed by atoms with E-state index in [1.807, 2.05) is 0 Å². The van der Waals surface area contributed by atoms with Crippen molar-refractivity contribution in [1.29, 1.82) is 0 Å². The molecule has 116 valence electrons. The quantitative estimate of drug-likeness (QED) is 0.720. The molecule has 1 saturated heterocycles. The van der Waals surface area contributed by atoms with Gasteiger partial charge in [0.15, 0.2) is 0 Å². The summed E-state index contributed by atoms with van der Waals surface area (Å²) in [5.74, 6) is 1.30. The Kier molecular flexibility index (Phi) is 6.18. The van der Waals surface area contributed by atoms with Crippen LogP contribution < -0.4 is 10.6 Å². The second kappa shape index (κ2) is 7.66. The highest BCUT2D eigenvalue weighted by Crippen LogP contribution is 2.31. The smallest absolute Gasteiger partial charge is 0.230 e. The number of hydrogen-bond donors (Lipinski definition) is 3. The minimum absolute atomic E-state index is 0.0700. The van der Waals surface area contributed by atoms with Gasteiger partial charge in [0.2, 0.25) is 5.91 Å². The van der Waals surface area contributed by atoms with Crippen LogP contribution in [0.15, 0.2) is 0 Å². The maximum absolute atomic E-state index is 11.9. The van der Waals surface area contributed by atoms with E-state index in [-0.39, 0.29) is 5.91 Å². The fraction of sp³-hybridized carbons (Fsp3) is 0.933. The lowest BCUT2D eigenvalue weighted by molar-refractivity contribution is -0.120. The van der Waals surface area contributed by atoms with Crippen LogP contribution in [0.25, 0.3) is 0 Å². The van der Waals surface area contributed by atoms with Gasteiger partial charge in [0, 0.05) is 11.8 Å². The summed E-state index contributed by atoms with van der Waals surface area (Å²) in [5, 5.41) is 17.3. The van der Waals surface area contributed by atoms with Gasteiger partial charge in [0.1, 0.15) is 0 Å². The normalized spacial score (nSPS) is 32.0. The first-order valence-electron chi connectivity index (χ1n) is 7.89. The average Bonchev–Trinajstić information content (AvgIpc) is 2.48. The van der Waals surface area contributed by atoms with E-state index in [0.29, 0.717) is 23.5 Å². The summed E-state index contributed by atoms with van der Waals surface area (Å²) in [6.45, 7) is 4.79. The molecule has 1 amide bonds. The summed E-state index contributed by atoms with van der Waals surface area (Å²) in [4.78, 5) is 11.9. The van der Waals surface area contributed by atoms with E-state index in [2.05, 4.69) is 17.6 Å². The van der Waals surface area contributed by atoms with Crippen molar-refractivity contribution in [3.8, 4) is 0 Å². The third-order valence-electron chi connectivity index (χ3n) is 4.56. The van der Waals surface area contributed by atoms with Crippen LogP contribution in [-0.4, -0.2) is 47.3 Å². The van der Waals surface area contributed by atoms with Crippen molar-refractivity contribution >= 4 is 17.7 Å². The monoisotopic (exact) mass is 300 g/mol. The first kappa shape index (κ1) is 16.1. The van der Waals surface area contributed by atoms with E-state index in [0.717, 1.165) is 51.6 Å². The van der Waals surface area contributed by atoms with E-state index >= 15 is 0 Å². The van der Waals surface area contributed by atoms with Gasteiger partial charge in [-0.25, -0.2) is 0 Å². The minimum Gasteiger partial charge on any atom is -0.388 e. The molecule has 1 aliphatic carbocycles. The molecule has 0 aromatic rings. The maximum atomic E-state index is 11.9. The Labute approximate surface area is 126 Å². The predicted molar refractivity (Wildman–Crippen MR) is 83.9 cm³/mol. The van der Waals surface area contributed by atoms with Gasteiger partial charge in [-0.3, -0.25) is 4.79 Å². The fourth-order valence-electron chi connectivity index (χ4n) is 2.95. The zero-order valence-electron chi connectivity index (χ0n) is 12.5. The summed E-state index contributed by atoms with van der Waals surface area (Å²) >= 11 is 1.76. The molecule has 1 heterocycles. The lowest BCUT2D eigenvalue weighted by Gasteiger charge is -2.35. The second-order valence-corrected chi connectivity index (χ2v) is 7.73. The zero-order chi connectivity index (χ0) is 14.4. The third kappa shape index (κ3) is 5.26. The van der Waals surface area contributed by atoms with Gasteiger partial charge in [-0.1, -0.05) is 6.92 Å².